The van der Waals surface area contributed by atoms with Gasteiger partial charge in [-0.25, -0.2) is 0 Å². The molecule has 8 heteroatoms. The second-order valence-electron chi connectivity index (χ2n) is 1.06. The van der Waals surface area contributed by atoms with Crippen LogP contribution in [-0.4, -0.2) is 16.8 Å². The third kappa shape index (κ3) is 1.95. The van der Waals surface area contributed by atoms with Gasteiger partial charge in [-0.3, -0.25) is 0 Å². The minimum Gasteiger partial charge on any atom is -0.378 e. The average molecular weight is 190 g/mol. The largest absolute Gasteiger partial charge is 0.447 e. The monoisotopic (exact) mass is 190 g/mol. The van der Waals surface area contributed by atoms with Crippen LogP contribution >= 0.6 is 0 Å². The summed E-state index contributed by atoms with van der Waals surface area (Å²) in [7, 11) is -10.8. The molecule has 0 aliphatic rings. The minimum atomic E-state index is -5.69. The van der Waals surface area contributed by atoms with Crippen molar-refractivity contribution in [3.05, 3.63) is 12.8 Å². The molecule has 0 fully saturated rings. The molecule has 0 spiro atoms. The molecule has 0 aliphatic heterocycles. The fourth-order valence-electron chi connectivity index (χ4n) is 0.130. The zero-order valence-electron chi connectivity index (χ0n) is 4.52. The molecule has 0 atom stereocenters. The molecule has 0 N–H and O–H groups in total. The highest BCUT2D eigenvalue weighted by Gasteiger charge is 2.30. The molecular weight excluding hydrogens is 187 g/mol. The van der Waals surface area contributed by atoms with Gasteiger partial charge in [-0.05, 0) is 0 Å². The molecule has 0 aliphatic carbocycles. The molecule has 5 nitrogen and oxygen atoms in total. The molecule has 0 aromatic carbocycles. The first-order valence-corrected chi connectivity index (χ1v) is 5.11. The van der Waals surface area contributed by atoms with Gasteiger partial charge in [-0.2, -0.15) is 16.8 Å². The topological polar surface area (TPSA) is 77.5 Å². The molecule has 0 aromatic heterocycles. The molecular formula is C2H3FO5S2. The van der Waals surface area contributed by atoms with E-state index < -0.39 is 18.4 Å². The van der Waals surface area contributed by atoms with Crippen LogP contribution < -0.4 is 0 Å². The molecule has 0 unspecified atom stereocenters. The van der Waals surface area contributed by atoms with Crippen molar-refractivity contribution in [3.63, 3.8) is 0 Å². The number of halogens is 1. The van der Waals surface area contributed by atoms with Crippen molar-refractivity contribution < 1.29 is 24.9 Å². The summed E-state index contributed by atoms with van der Waals surface area (Å²) in [5.74, 6) is 0. The summed E-state index contributed by atoms with van der Waals surface area (Å²) in [6.45, 7) is 2.73. The van der Waals surface area contributed by atoms with Gasteiger partial charge >= 0.3 is 18.4 Å². The van der Waals surface area contributed by atoms with Crippen LogP contribution in [-0.2, 0) is 22.6 Å². The fourth-order valence-corrected chi connectivity index (χ4v) is 0.839. The van der Waals surface area contributed by atoms with Crippen molar-refractivity contribution in [3.8, 4) is 0 Å². The van der Waals surface area contributed by atoms with E-state index in [1.165, 1.54) is 0 Å². The van der Waals surface area contributed by atoms with Crippen LogP contribution in [0.4, 0.5) is 3.89 Å². The summed E-state index contributed by atoms with van der Waals surface area (Å²) < 4.78 is 54.2. The van der Waals surface area contributed by atoms with Gasteiger partial charge in [0.05, 0.1) is 0 Å². The van der Waals surface area contributed by atoms with Gasteiger partial charge < -0.3 is 4.18 Å². The SMILES string of the molecule is C=COS(=O)(=O)S(=O)(=O)F. The second kappa shape index (κ2) is 2.54. The molecule has 0 radical (unpaired) electrons. The molecule has 0 bridgehead atoms. The molecule has 10 heavy (non-hydrogen) atoms. The zero-order chi connectivity index (χ0) is 8.41. The third-order valence-electron chi connectivity index (χ3n) is 0.430. The summed E-state index contributed by atoms with van der Waals surface area (Å²) in [5, 5.41) is 0. The van der Waals surface area contributed by atoms with Crippen molar-refractivity contribution in [2.24, 2.45) is 0 Å². The fraction of sp³-hybridized carbons (Fsp3) is 0. The van der Waals surface area contributed by atoms with Crippen LogP contribution in [0.3, 0.4) is 0 Å². The Bertz CT molecular complexity index is 310. The maximum absolute atomic E-state index is 11.6. The standard InChI is InChI=1S/C2H3FO5S2/c1-2-8-10(6,7)9(3,4)5/h2H,1H2. The predicted molar refractivity (Wildman–Crippen MR) is 30.2 cm³/mol. The first kappa shape index (κ1) is 9.37. The van der Waals surface area contributed by atoms with Crippen LogP contribution in [0.5, 0.6) is 0 Å². The Labute approximate surface area is 56.8 Å². The zero-order valence-corrected chi connectivity index (χ0v) is 6.15. The highest BCUT2D eigenvalue weighted by atomic mass is 33.2. The molecule has 0 amide bonds. The van der Waals surface area contributed by atoms with Crippen molar-refractivity contribution in [1.29, 1.82) is 0 Å². The van der Waals surface area contributed by atoms with Crippen molar-refractivity contribution in [2.75, 3.05) is 0 Å². The lowest BCUT2D eigenvalue weighted by Gasteiger charge is -1.93. The highest BCUT2D eigenvalue weighted by molar-refractivity contribution is 8.63. The lowest BCUT2D eigenvalue weighted by molar-refractivity contribution is 0.450. The van der Waals surface area contributed by atoms with E-state index in [4.69, 9.17) is 0 Å². The summed E-state index contributed by atoms with van der Waals surface area (Å²) in [6, 6.07) is 0. The predicted octanol–water partition coefficient (Wildman–Crippen LogP) is -0.309. The molecule has 0 saturated carbocycles. The van der Waals surface area contributed by atoms with Crippen molar-refractivity contribution in [2.45, 2.75) is 0 Å². The summed E-state index contributed by atoms with van der Waals surface area (Å²) in [6.07, 6.45) is 0.298. The number of rotatable bonds is 3. The molecule has 0 rings (SSSR count). The number of hydrogen-bond acceptors (Lipinski definition) is 5. The van der Waals surface area contributed by atoms with E-state index >= 15 is 0 Å². The second-order valence-corrected chi connectivity index (χ2v) is 5.28. The normalized spacial score (nSPS) is 12.5. The molecule has 0 heterocycles. The Morgan fingerprint density at radius 3 is 1.80 bits per heavy atom. The van der Waals surface area contributed by atoms with Crippen molar-refractivity contribution >= 4 is 18.4 Å². The van der Waals surface area contributed by atoms with Crippen LogP contribution in [0.25, 0.3) is 0 Å². The van der Waals surface area contributed by atoms with Gasteiger partial charge in [0.15, 0.2) is 0 Å². The Balaban J connectivity index is 4.98. The van der Waals surface area contributed by atoms with Gasteiger partial charge in [-0.1, -0.05) is 10.5 Å². The number of hydrogen-bond donors (Lipinski definition) is 0. The highest BCUT2D eigenvalue weighted by Crippen LogP contribution is 2.06. The Kier molecular flexibility index (Phi) is 2.38. The summed E-state index contributed by atoms with van der Waals surface area (Å²) in [4.78, 5) is 0. The lowest BCUT2D eigenvalue weighted by Crippen LogP contribution is -2.10. The summed E-state index contributed by atoms with van der Waals surface area (Å²) in [5.41, 5.74) is 0. The van der Waals surface area contributed by atoms with Crippen LogP contribution in [0.1, 0.15) is 0 Å². The minimum absolute atomic E-state index is 0.298. The summed E-state index contributed by atoms with van der Waals surface area (Å²) >= 11 is 0. The van der Waals surface area contributed by atoms with Crippen LogP contribution in [0.2, 0.25) is 0 Å². The lowest BCUT2D eigenvalue weighted by atomic mass is 11.2. The van der Waals surface area contributed by atoms with E-state index in [-0.39, 0.29) is 0 Å². The Morgan fingerprint density at radius 1 is 1.30 bits per heavy atom. The van der Waals surface area contributed by atoms with Gasteiger partial charge in [0.25, 0.3) is 0 Å². The third-order valence-corrected chi connectivity index (χ3v) is 2.99. The van der Waals surface area contributed by atoms with Crippen LogP contribution in [0.15, 0.2) is 12.8 Å². The Hall–Kier alpha value is -0.630. The smallest absolute Gasteiger partial charge is 0.378 e. The van der Waals surface area contributed by atoms with E-state index in [0.29, 0.717) is 6.26 Å². The first-order chi connectivity index (χ1) is 4.31. The van der Waals surface area contributed by atoms with E-state index in [9.17, 15) is 20.7 Å². The Morgan fingerprint density at radius 2 is 1.70 bits per heavy atom. The maximum atomic E-state index is 11.6. The van der Waals surface area contributed by atoms with Gasteiger partial charge in [0, 0.05) is 0 Å². The van der Waals surface area contributed by atoms with Gasteiger partial charge in [0.1, 0.15) is 6.26 Å². The van der Waals surface area contributed by atoms with E-state index in [0.717, 1.165) is 0 Å². The molecule has 0 saturated heterocycles. The van der Waals surface area contributed by atoms with Crippen LogP contribution in [0, 0.1) is 0 Å². The molecule has 60 valence electrons. The quantitative estimate of drug-likeness (QED) is 0.346. The van der Waals surface area contributed by atoms with E-state index in [2.05, 4.69) is 10.8 Å². The van der Waals surface area contributed by atoms with Crippen molar-refractivity contribution in [1.82, 2.24) is 0 Å². The van der Waals surface area contributed by atoms with Gasteiger partial charge in [0.2, 0.25) is 0 Å². The average Bonchev–Trinajstić information content (AvgIpc) is 1.61. The van der Waals surface area contributed by atoms with E-state index in [1.807, 2.05) is 0 Å². The molecule has 0 aromatic rings. The maximum Gasteiger partial charge on any atom is 0.447 e. The first-order valence-electron chi connectivity index (χ1n) is 1.80. The van der Waals surface area contributed by atoms with Gasteiger partial charge in [-0.15, -0.1) is 0 Å². The van der Waals surface area contributed by atoms with E-state index in [1.54, 1.807) is 0 Å².